The number of sulfonamides is 1. The van der Waals surface area contributed by atoms with Gasteiger partial charge in [0.1, 0.15) is 6.04 Å². The smallest absolute Gasteiger partial charge is 0.328 e. The van der Waals surface area contributed by atoms with Gasteiger partial charge in [0.05, 0.1) is 4.90 Å². The summed E-state index contributed by atoms with van der Waals surface area (Å²) in [6.07, 6.45) is 0. The number of carbonyl (C=O) groups excluding carboxylic acids is 3. The number of amides is 2. The Labute approximate surface area is 187 Å². The minimum absolute atomic E-state index is 0.0493. The molecule has 10 heteroatoms. The number of hydrogen-bond acceptors (Lipinski definition) is 6. The first-order chi connectivity index (χ1) is 15.2. The zero-order valence-electron chi connectivity index (χ0n) is 18.2. The Balaban J connectivity index is 1.91. The third-order valence-corrected chi connectivity index (χ3v) is 6.59. The van der Waals surface area contributed by atoms with Gasteiger partial charge in [0.25, 0.3) is 11.8 Å². The Morgan fingerprint density at radius 3 is 2.28 bits per heavy atom. The summed E-state index contributed by atoms with van der Waals surface area (Å²) in [4.78, 5) is 36.4. The highest BCUT2D eigenvalue weighted by atomic mass is 32.2. The first-order valence-electron chi connectivity index (χ1n) is 10.1. The van der Waals surface area contributed by atoms with Crippen LogP contribution in [-0.4, -0.2) is 56.2 Å². The predicted octanol–water partition coefficient (Wildman–Crippen LogP) is 2.02. The van der Waals surface area contributed by atoms with E-state index in [0.717, 1.165) is 0 Å². The van der Waals surface area contributed by atoms with Gasteiger partial charge < -0.3 is 15.4 Å². The summed E-state index contributed by atoms with van der Waals surface area (Å²) in [5.74, 6) is -1.86. The molecule has 0 aliphatic carbocycles. The number of carbonyl (C=O) groups is 3. The molecule has 0 aromatic heterocycles. The molecular formula is C22H27N3O6S. The summed E-state index contributed by atoms with van der Waals surface area (Å²) < 4.78 is 31.5. The standard InChI is InChI=1S/C22H27N3O6S/c1-4-25(5-2)32(29,30)19-13-9-12-18(14-19)24-20(26)15-31-22(28)16(3)23-21(27)17-10-7-6-8-11-17/h6-14,16H,4-5,15H2,1-3H3,(H,23,27)(H,24,26)/t16-/m0/s1. The first kappa shape index (κ1) is 25.0. The van der Waals surface area contributed by atoms with Crippen LogP contribution < -0.4 is 10.6 Å². The van der Waals surface area contributed by atoms with Crippen LogP contribution in [0.15, 0.2) is 59.5 Å². The van der Waals surface area contributed by atoms with Crippen LogP contribution in [0.1, 0.15) is 31.1 Å². The SMILES string of the molecule is CCN(CC)S(=O)(=O)c1cccc(NC(=O)COC(=O)[C@H](C)NC(=O)c2ccccc2)c1. The highest BCUT2D eigenvalue weighted by Crippen LogP contribution is 2.19. The number of anilines is 1. The molecule has 0 unspecified atom stereocenters. The summed E-state index contributed by atoms with van der Waals surface area (Å²) in [6, 6.07) is 13.2. The van der Waals surface area contributed by atoms with Crippen molar-refractivity contribution < 1.29 is 27.5 Å². The van der Waals surface area contributed by atoms with E-state index in [4.69, 9.17) is 4.74 Å². The number of rotatable bonds is 10. The maximum atomic E-state index is 12.6. The molecule has 2 aromatic rings. The van der Waals surface area contributed by atoms with E-state index in [1.54, 1.807) is 44.2 Å². The van der Waals surface area contributed by atoms with Crippen LogP contribution in [0.4, 0.5) is 5.69 Å². The molecular weight excluding hydrogens is 434 g/mol. The first-order valence-corrected chi connectivity index (χ1v) is 11.6. The van der Waals surface area contributed by atoms with Crippen LogP contribution in [0.25, 0.3) is 0 Å². The van der Waals surface area contributed by atoms with Gasteiger partial charge in [-0.3, -0.25) is 9.59 Å². The van der Waals surface area contributed by atoms with Crippen molar-refractivity contribution in [3.8, 4) is 0 Å². The van der Waals surface area contributed by atoms with E-state index in [-0.39, 0.29) is 10.6 Å². The van der Waals surface area contributed by atoms with E-state index < -0.39 is 40.5 Å². The number of esters is 1. The minimum Gasteiger partial charge on any atom is -0.454 e. The van der Waals surface area contributed by atoms with Crippen molar-refractivity contribution in [1.29, 1.82) is 0 Å². The number of ether oxygens (including phenoxy) is 1. The molecule has 2 aromatic carbocycles. The van der Waals surface area contributed by atoms with Gasteiger partial charge >= 0.3 is 5.97 Å². The lowest BCUT2D eigenvalue weighted by molar-refractivity contribution is -0.148. The Morgan fingerprint density at radius 2 is 1.66 bits per heavy atom. The van der Waals surface area contributed by atoms with Gasteiger partial charge in [0.2, 0.25) is 10.0 Å². The fraction of sp³-hybridized carbons (Fsp3) is 0.318. The van der Waals surface area contributed by atoms with Gasteiger partial charge in [0, 0.05) is 24.3 Å². The maximum absolute atomic E-state index is 12.6. The third-order valence-electron chi connectivity index (χ3n) is 4.54. The van der Waals surface area contributed by atoms with Crippen molar-refractivity contribution in [1.82, 2.24) is 9.62 Å². The quantitative estimate of drug-likeness (QED) is 0.522. The van der Waals surface area contributed by atoms with Crippen molar-refractivity contribution in [2.24, 2.45) is 0 Å². The van der Waals surface area contributed by atoms with E-state index in [0.29, 0.717) is 18.7 Å². The molecule has 0 fully saturated rings. The van der Waals surface area contributed by atoms with Crippen LogP contribution in [0.3, 0.4) is 0 Å². The van der Waals surface area contributed by atoms with E-state index in [2.05, 4.69) is 10.6 Å². The molecule has 0 aliphatic rings. The molecule has 2 amide bonds. The maximum Gasteiger partial charge on any atom is 0.328 e. The average molecular weight is 462 g/mol. The Kier molecular flexibility index (Phi) is 8.91. The van der Waals surface area contributed by atoms with Crippen molar-refractivity contribution in [2.45, 2.75) is 31.7 Å². The molecule has 2 N–H and O–H groups in total. The van der Waals surface area contributed by atoms with Crippen LogP contribution in [0, 0.1) is 0 Å². The van der Waals surface area contributed by atoms with Gasteiger partial charge in [-0.15, -0.1) is 0 Å². The van der Waals surface area contributed by atoms with Gasteiger partial charge in [-0.25, -0.2) is 13.2 Å². The van der Waals surface area contributed by atoms with Gasteiger partial charge in [-0.05, 0) is 37.3 Å². The molecule has 0 saturated carbocycles. The minimum atomic E-state index is -3.67. The van der Waals surface area contributed by atoms with Crippen LogP contribution >= 0.6 is 0 Å². The van der Waals surface area contributed by atoms with Crippen molar-refractivity contribution >= 4 is 33.5 Å². The highest BCUT2D eigenvalue weighted by molar-refractivity contribution is 7.89. The molecule has 0 aliphatic heterocycles. The Hall–Kier alpha value is -3.24. The van der Waals surface area contributed by atoms with Crippen molar-refractivity contribution in [3.05, 3.63) is 60.2 Å². The largest absolute Gasteiger partial charge is 0.454 e. The van der Waals surface area contributed by atoms with Crippen LogP contribution in [-0.2, 0) is 24.3 Å². The Bertz CT molecular complexity index is 1050. The molecule has 0 bridgehead atoms. The third kappa shape index (κ3) is 6.63. The second-order valence-electron chi connectivity index (χ2n) is 6.83. The Morgan fingerprint density at radius 1 is 1.00 bits per heavy atom. The summed E-state index contributed by atoms with van der Waals surface area (Å²) in [5, 5.41) is 5.00. The highest BCUT2D eigenvalue weighted by Gasteiger charge is 2.22. The lowest BCUT2D eigenvalue weighted by Crippen LogP contribution is -2.40. The second-order valence-corrected chi connectivity index (χ2v) is 8.77. The van der Waals surface area contributed by atoms with E-state index >= 15 is 0 Å². The van der Waals surface area contributed by atoms with Gasteiger partial charge in [-0.2, -0.15) is 4.31 Å². The molecule has 1 atom stereocenters. The molecule has 9 nitrogen and oxygen atoms in total. The lowest BCUT2D eigenvalue weighted by Gasteiger charge is -2.19. The van der Waals surface area contributed by atoms with E-state index in [1.165, 1.54) is 35.5 Å². The van der Waals surface area contributed by atoms with Crippen molar-refractivity contribution in [3.63, 3.8) is 0 Å². The lowest BCUT2D eigenvalue weighted by atomic mass is 10.2. The fourth-order valence-corrected chi connectivity index (χ4v) is 4.34. The number of hydrogen-bond donors (Lipinski definition) is 2. The monoisotopic (exact) mass is 461 g/mol. The van der Waals surface area contributed by atoms with Crippen LogP contribution in [0.5, 0.6) is 0 Å². The molecule has 0 heterocycles. The van der Waals surface area contributed by atoms with Gasteiger partial charge in [-0.1, -0.05) is 38.1 Å². The number of nitrogens with one attached hydrogen (secondary N) is 2. The normalized spacial score (nSPS) is 12.1. The van der Waals surface area contributed by atoms with Gasteiger partial charge in [0.15, 0.2) is 6.61 Å². The second kappa shape index (κ2) is 11.4. The summed E-state index contributed by atoms with van der Waals surface area (Å²) in [5.41, 5.74) is 0.647. The average Bonchev–Trinajstić information content (AvgIpc) is 2.78. The molecule has 0 spiro atoms. The van der Waals surface area contributed by atoms with Crippen molar-refractivity contribution in [2.75, 3.05) is 25.0 Å². The molecule has 172 valence electrons. The molecule has 2 rings (SSSR count). The summed E-state index contributed by atoms with van der Waals surface area (Å²) >= 11 is 0. The van der Waals surface area contributed by atoms with E-state index in [9.17, 15) is 22.8 Å². The molecule has 0 radical (unpaired) electrons. The zero-order valence-corrected chi connectivity index (χ0v) is 19.0. The zero-order chi connectivity index (χ0) is 23.7. The fourth-order valence-electron chi connectivity index (χ4n) is 2.83. The molecule has 32 heavy (non-hydrogen) atoms. The number of nitrogens with zero attached hydrogens (tertiary/aromatic N) is 1. The molecule has 0 saturated heterocycles. The predicted molar refractivity (Wildman–Crippen MR) is 120 cm³/mol. The van der Waals surface area contributed by atoms with E-state index in [1.807, 2.05) is 0 Å². The summed E-state index contributed by atoms with van der Waals surface area (Å²) in [7, 11) is -3.67. The topological polar surface area (TPSA) is 122 Å². The number of benzene rings is 2. The van der Waals surface area contributed by atoms with Crippen LogP contribution in [0.2, 0.25) is 0 Å². The summed E-state index contributed by atoms with van der Waals surface area (Å²) in [6.45, 7) is 4.99.